The molecule has 0 aliphatic carbocycles. The van der Waals surface area contributed by atoms with Crippen molar-refractivity contribution in [2.24, 2.45) is 16.1 Å². The highest BCUT2D eigenvalue weighted by Gasteiger charge is 2.07. The molecule has 0 bridgehead atoms. The van der Waals surface area contributed by atoms with Crippen molar-refractivity contribution < 1.29 is 9.90 Å². The molecule has 0 aliphatic heterocycles. The van der Waals surface area contributed by atoms with Gasteiger partial charge >= 0.3 is 0 Å². The van der Waals surface area contributed by atoms with Crippen LogP contribution in [0.15, 0.2) is 10.2 Å². The lowest BCUT2D eigenvalue weighted by molar-refractivity contribution is -0.115. The maximum atomic E-state index is 9.44. The van der Waals surface area contributed by atoms with E-state index in [0.717, 1.165) is 19.5 Å². The molecule has 6 heteroatoms. The van der Waals surface area contributed by atoms with E-state index in [1.54, 1.807) is 13.8 Å². The van der Waals surface area contributed by atoms with E-state index in [9.17, 15) is 9.90 Å². The Bertz CT molecular complexity index is 317. The highest BCUT2D eigenvalue weighted by atomic mass is 16.3. The lowest BCUT2D eigenvalue weighted by Gasteiger charge is -2.07. The largest absolute Gasteiger partial charge is 0.368 e. The van der Waals surface area contributed by atoms with Gasteiger partial charge in [-0.3, -0.25) is 11.3 Å². The minimum atomic E-state index is -0.998. The summed E-state index contributed by atoms with van der Waals surface area (Å²) in [6, 6.07) is 0. The summed E-state index contributed by atoms with van der Waals surface area (Å²) in [7, 11) is 0. The van der Waals surface area contributed by atoms with Gasteiger partial charge in [-0.1, -0.05) is 78.1 Å². The van der Waals surface area contributed by atoms with Crippen LogP contribution >= 0.6 is 0 Å². The number of nitrogens with one attached hydrogen (secondary N) is 1. The monoisotopic (exact) mass is 402 g/mol. The first-order valence-corrected chi connectivity index (χ1v) is 11.2. The molecule has 0 atom stereocenters. The van der Waals surface area contributed by atoms with Gasteiger partial charge in [0.1, 0.15) is 5.78 Å². The Hall–Kier alpha value is -0.850. The summed E-state index contributed by atoms with van der Waals surface area (Å²) >= 11 is 0. The molecule has 0 unspecified atom stereocenters. The lowest BCUT2D eigenvalue weighted by Crippen LogP contribution is -2.22. The Morgan fingerprint density at radius 3 is 1.64 bits per heavy atom. The number of carbonyl (C=O) groups is 1. The summed E-state index contributed by atoms with van der Waals surface area (Å²) in [5, 5.41) is 16.9. The van der Waals surface area contributed by atoms with Crippen molar-refractivity contribution in [2.45, 2.75) is 124 Å². The van der Waals surface area contributed by atoms with E-state index in [0.29, 0.717) is 0 Å². The Morgan fingerprint density at radius 2 is 1.25 bits per heavy atom. The maximum absolute atomic E-state index is 9.44. The Kier molecular flexibility index (Phi) is 29.7. The Morgan fingerprint density at radius 1 is 0.857 bits per heavy atom. The van der Waals surface area contributed by atoms with Crippen LogP contribution in [0.25, 0.3) is 0 Å². The summed E-state index contributed by atoms with van der Waals surface area (Å²) in [5.41, 5.74) is 1.66. The maximum Gasteiger partial charge on any atom is 0.170 e. The SMILES string of the molecule is CC(C)=O.CCCCCCCCN=NC(C)(C)O.CCCCCCCCNN. The van der Waals surface area contributed by atoms with Gasteiger partial charge in [-0.25, -0.2) is 0 Å². The number of hydrogen-bond acceptors (Lipinski definition) is 6. The summed E-state index contributed by atoms with van der Waals surface area (Å²) in [4.78, 5) is 9.44. The standard InChI is InChI=1S/C11H24N2O.C8H20N2.C3H6O/c1-4-5-6-7-8-9-10-12-13-11(2,3)14;1-2-3-4-5-6-7-8-10-9;1-3(2)4/h14H,4-10H2,1-3H3;10H,2-9H2,1H3;1-2H3. The molecule has 0 fully saturated rings. The number of nitrogens with two attached hydrogens (primary N) is 1. The van der Waals surface area contributed by atoms with E-state index < -0.39 is 5.72 Å². The zero-order chi connectivity index (χ0) is 22.1. The third-order valence-electron chi connectivity index (χ3n) is 3.60. The van der Waals surface area contributed by atoms with Crippen LogP contribution in [0.2, 0.25) is 0 Å². The lowest BCUT2D eigenvalue weighted by atomic mass is 10.1. The van der Waals surface area contributed by atoms with Crippen LogP contribution in [0, 0.1) is 0 Å². The minimum Gasteiger partial charge on any atom is -0.368 e. The highest BCUT2D eigenvalue weighted by molar-refractivity contribution is 5.72. The van der Waals surface area contributed by atoms with Gasteiger partial charge in [-0.15, -0.1) is 0 Å². The first kappa shape index (κ1) is 31.8. The van der Waals surface area contributed by atoms with E-state index in [2.05, 4.69) is 29.5 Å². The molecular formula is C22H50N4O2. The molecule has 0 saturated heterocycles. The number of unbranched alkanes of at least 4 members (excludes halogenated alkanes) is 10. The number of nitrogens with zero attached hydrogens (tertiary/aromatic N) is 2. The molecule has 0 aromatic rings. The molecule has 0 saturated carbocycles. The molecule has 0 spiro atoms. The van der Waals surface area contributed by atoms with E-state index in [-0.39, 0.29) is 5.78 Å². The molecule has 4 N–H and O–H groups in total. The van der Waals surface area contributed by atoms with Gasteiger partial charge in [0.05, 0.1) is 6.54 Å². The summed E-state index contributed by atoms with van der Waals surface area (Å²) < 4.78 is 0. The van der Waals surface area contributed by atoms with Crippen LogP contribution in [-0.2, 0) is 4.79 Å². The molecule has 170 valence electrons. The van der Waals surface area contributed by atoms with Crippen LogP contribution in [-0.4, -0.2) is 29.7 Å². The van der Waals surface area contributed by atoms with Crippen LogP contribution in [0.1, 0.15) is 119 Å². The van der Waals surface area contributed by atoms with E-state index in [1.165, 1.54) is 84.5 Å². The number of Topliss-reactive ketones (excluding diaryl/α,β-unsaturated/α-hetero) is 1. The fourth-order valence-electron chi connectivity index (χ4n) is 2.19. The number of ketones is 1. The number of hydrazine groups is 1. The van der Waals surface area contributed by atoms with Gasteiger partial charge in [0.2, 0.25) is 0 Å². The number of azo groups is 1. The molecule has 0 aromatic carbocycles. The Balaban J connectivity index is -0.000000388. The molecule has 6 nitrogen and oxygen atoms in total. The molecule has 0 aliphatic rings. The quantitative estimate of drug-likeness (QED) is 0.137. The number of hydrogen-bond donors (Lipinski definition) is 3. The zero-order valence-electron chi connectivity index (χ0n) is 19.7. The highest BCUT2D eigenvalue weighted by Crippen LogP contribution is 2.07. The molecule has 0 amide bonds. The summed E-state index contributed by atoms with van der Waals surface area (Å²) in [6.45, 7) is 12.5. The minimum absolute atomic E-state index is 0.167. The van der Waals surface area contributed by atoms with Gasteiger partial charge in [-0.2, -0.15) is 10.2 Å². The molecular weight excluding hydrogens is 352 g/mol. The van der Waals surface area contributed by atoms with Gasteiger partial charge in [0.25, 0.3) is 0 Å². The summed E-state index contributed by atoms with van der Waals surface area (Å²) in [6.07, 6.45) is 15.6. The molecule has 0 radical (unpaired) electrons. The van der Waals surface area contributed by atoms with Crippen molar-refractivity contribution in [3.05, 3.63) is 0 Å². The van der Waals surface area contributed by atoms with Gasteiger partial charge < -0.3 is 9.90 Å². The third-order valence-corrected chi connectivity index (χ3v) is 3.60. The van der Waals surface area contributed by atoms with Crippen molar-refractivity contribution in [1.82, 2.24) is 5.43 Å². The van der Waals surface area contributed by atoms with Gasteiger partial charge in [0, 0.05) is 6.54 Å². The van der Waals surface area contributed by atoms with Crippen molar-refractivity contribution >= 4 is 5.78 Å². The van der Waals surface area contributed by atoms with Gasteiger partial charge in [0.15, 0.2) is 5.72 Å². The van der Waals surface area contributed by atoms with Crippen molar-refractivity contribution in [1.29, 1.82) is 0 Å². The predicted molar refractivity (Wildman–Crippen MR) is 121 cm³/mol. The van der Waals surface area contributed by atoms with Crippen LogP contribution in [0.3, 0.4) is 0 Å². The first-order valence-electron chi connectivity index (χ1n) is 11.2. The molecule has 0 heterocycles. The second kappa shape index (κ2) is 26.1. The first-order chi connectivity index (χ1) is 13.2. The molecule has 28 heavy (non-hydrogen) atoms. The predicted octanol–water partition coefficient (Wildman–Crippen LogP) is 5.93. The molecule has 0 aromatic heterocycles. The van der Waals surface area contributed by atoms with E-state index in [1.807, 2.05) is 0 Å². The molecule has 0 rings (SSSR count). The average Bonchev–Trinajstić information content (AvgIpc) is 2.59. The zero-order valence-corrected chi connectivity index (χ0v) is 19.7. The average molecular weight is 403 g/mol. The summed E-state index contributed by atoms with van der Waals surface area (Å²) in [5.74, 6) is 5.29. The Labute approximate surface area is 175 Å². The van der Waals surface area contributed by atoms with E-state index in [4.69, 9.17) is 5.84 Å². The smallest absolute Gasteiger partial charge is 0.170 e. The van der Waals surface area contributed by atoms with Crippen molar-refractivity contribution in [2.75, 3.05) is 13.1 Å². The normalized spacial score (nSPS) is 10.9. The number of carbonyl (C=O) groups excluding carboxylic acids is 1. The van der Waals surface area contributed by atoms with Crippen LogP contribution in [0.5, 0.6) is 0 Å². The fourth-order valence-corrected chi connectivity index (χ4v) is 2.19. The second-order valence-electron chi connectivity index (χ2n) is 7.86. The van der Waals surface area contributed by atoms with Crippen LogP contribution < -0.4 is 11.3 Å². The van der Waals surface area contributed by atoms with Crippen molar-refractivity contribution in [3.63, 3.8) is 0 Å². The van der Waals surface area contributed by atoms with Crippen LogP contribution in [0.4, 0.5) is 0 Å². The van der Waals surface area contributed by atoms with Crippen molar-refractivity contribution in [3.8, 4) is 0 Å². The van der Waals surface area contributed by atoms with Gasteiger partial charge in [-0.05, 0) is 40.5 Å². The number of aliphatic hydroxyl groups is 1. The van der Waals surface area contributed by atoms with E-state index >= 15 is 0 Å². The third kappa shape index (κ3) is 49.9. The second-order valence-corrected chi connectivity index (χ2v) is 7.86. The topological polar surface area (TPSA) is 100 Å². The number of rotatable bonds is 15. The fraction of sp³-hybridized carbons (Fsp3) is 0.955.